The molecule has 0 radical (unpaired) electrons. The van der Waals surface area contributed by atoms with E-state index in [-0.39, 0.29) is 28.5 Å². The average Bonchev–Trinajstić information content (AvgIpc) is 2.55. The van der Waals surface area contributed by atoms with E-state index in [4.69, 9.17) is 0 Å². The summed E-state index contributed by atoms with van der Waals surface area (Å²) in [5, 5.41) is 14.1. The van der Waals surface area contributed by atoms with Crippen LogP contribution in [0.15, 0.2) is 23.4 Å². The molecule has 0 aliphatic carbocycles. The summed E-state index contributed by atoms with van der Waals surface area (Å²) in [5.41, 5.74) is 0.825. The monoisotopic (exact) mass is 360 g/mol. The second-order valence-electron chi connectivity index (χ2n) is 4.74. The van der Waals surface area contributed by atoms with Crippen LogP contribution in [0.1, 0.15) is 62.3 Å². The number of nitrogens with one attached hydrogen (secondary N) is 1. The number of hydrogen-bond donors (Lipinski definition) is 1. The molecule has 24 heavy (non-hydrogen) atoms. The standard InChI is InChI=1S/C14H24N2O3S.2C2H6/c1-6-12(14(7-2)16(18)19)8-20-9-13(11(5)17)15-10(3)4;2*1-2/h6-7,10,13,15H,8-9H2,1-5H3;2*1-2H3/b12-6-,14-7+;;. The van der Waals surface area contributed by atoms with Crippen LogP contribution in [0.5, 0.6) is 0 Å². The highest BCUT2D eigenvalue weighted by Crippen LogP contribution is 2.18. The van der Waals surface area contributed by atoms with Crippen LogP contribution in [0.4, 0.5) is 0 Å². The maximum absolute atomic E-state index is 11.5. The van der Waals surface area contributed by atoms with Crippen molar-refractivity contribution >= 4 is 17.5 Å². The van der Waals surface area contributed by atoms with Crippen LogP contribution in [-0.4, -0.2) is 34.3 Å². The van der Waals surface area contributed by atoms with Crippen molar-refractivity contribution in [3.05, 3.63) is 33.5 Å². The van der Waals surface area contributed by atoms with Crippen molar-refractivity contribution in [3.63, 3.8) is 0 Å². The van der Waals surface area contributed by atoms with E-state index in [0.29, 0.717) is 17.1 Å². The summed E-state index contributed by atoms with van der Waals surface area (Å²) in [6.45, 7) is 17.0. The third-order valence-electron chi connectivity index (χ3n) is 2.71. The molecule has 0 saturated heterocycles. The van der Waals surface area contributed by atoms with E-state index in [1.54, 1.807) is 26.8 Å². The molecule has 1 N–H and O–H groups in total. The molecular weight excluding hydrogens is 324 g/mol. The van der Waals surface area contributed by atoms with Crippen LogP contribution in [0.2, 0.25) is 0 Å². The number of hydrogen-bond acceptors (Lipinski definition) is 5. The van der Waals surface area contributed by atoms with E-state index in [1.165, 1.54) is 17.8 Å². The third-order valence-corrected chi connectivity index (χ3v) is 3.80. The van der Waals surface area contributed by atoms with Gasteiger partial charge in [0, 0.05) is 23.1 Å². The number of carbonyl (C=O) groups excluding carboxylic acids is 1. The molecule has 6 heteroatoms. The second kappa shape index (κ2) is 18.2. The minimum Gasteiger partial charge on any atom is -0.305 e. The Balaban J connectivity index is -0.00000102. The number of allylic oxidation sites excluding steroid dienone is 3. The Hall–Kier alpha value is -1.14. The summed E-state index contributed by atoms with van der Waals surface area (Å²) in [6, 6.07) is 0.0262. The Kier molecular flexibility index (Phi) is 21.0. The van der Waals surface area contributed by atoms with Crippen LogP contribution >= 0.6 is 11.8 Å². The highest BCUT2D eigenvalue weighted by Gasteiger charge is 2.18. The zero-order valence-corrected chi connectivity index (χ0v) is 17.6. The molecule has 0 bridgehead atoms. The van der Waals surface area contributed by atoms with Gasteiger partial charge in [-0.25, -0.2) is 0 Å². The first-order chi connectivity index (χ1) is 11.3. The molecule has 0 saturated carbocycles. The molecule has 142 valence electrons. The molecule has 0 aliphatic rings. The van der Waals surface area contributed by atoms with Crippen molar-refractivity contribution in [2.45, 2.75) is 74.4 Å². The first-order valence-corrected chi connectivity index (χ1v) is 9.79. The van der Waals surface area contributed by atoms with Crippen LogP contribution in [0.3, 0.4) is 0 Å². The van der Waals surface area contributed by atoms with Gasteiger partial charge < -0.3 is 5.32 Å². The molecule has 1 atom stereocenters. The molecule has 5 nitrogen and oxygen atoms in total. The van der Waals surface area contributed by atoms with Crippen LogP contribution < -0.4 is 5.32 Å². The Morgan fingerprint density at radius 3 is 1.96 bits per heavy atom. The highest BCUT2D eigenvalue weighted by atomic mass is 32.2. The van der Waals surface area contributed by atoms with Crippen LogP contribution in [0.25, 0.3) is 0 Å². The molecule has 0 rings (SSSR count). The van der Waals surface area contributed by atoms with E-state index in [1.807, 2.05) is 41.5 Å². The number of ketones is 1. The van der Waals surface area contributed by atoms with E-state index in [2.05, 4.69) is 5.32 Å². The maximum Gasteiger partial charge on any atom is 0.268 e. The zero-order chi connectivity index (χ0) is 19.7. The van der Waals surface area contributed by atoms with Crippen molar-refractivity contribution < 1.29 is 9.72 Å². The lowest BCUT2D eigenvalue weighted by molar-refractivity contribution is -0.420. The molecule has 1 unspecified atom stereocenters. The summed E-state index contributed by atoms with van der Waals surface area (Å²) in [5.74, 6) is 1.23. The molecule has 0 fully saturated rings. The van der Waals surface area contributed by atoms with Crippen molar-refractivity contribution in [3.8, 4) is 0 Å². The lowest BCUT2D eigenvalue weighted by Crippen LogP contribution is -2.41. The van der Waals surface area contributed by atoms with Crippen molar-refractivity contribution in [1.29, 1.82) is 0 Å². The largest absolute Gasteiger partial charge is 0.305 e. The van der Waals surface area contributed by atoms with Gasteiger partial charge in [-0.2, -0.15) is 11.8 Å². The SMILES string of the molecule is C/C=C(CSCC(NC(C)C)C(C)=O)\C(=C/C)[N+](=O)[O-].CC.CC. The van der Waals surface area contributed by atoms with Crippen molar-refractivity contribution in [2.75, 3.05) is 11.5 Å². The van der Waals surface area contributed by atoms with Crippen LogP contribution in [0, 0.1) is 10.1 Å². The first-order valence-electron chi connectivity index (χ1n) is 8.63. The minimum atomic E-state index is -0.370. The van der Waals surface area contributed by atoms with Gasteiger partial charge in [0.25, 0.3) is 5.70 Å². The predicted molar refractivity (Wildman–Crippen MR) is 107 cm³/mol. The number of nitrogens with zero attached hydrogens (tertiary/aromatic N) is 1. The van der Waals surface area contributed by atoms with Gasteiger partial charge in [-0.15, -0.1) is 0 Å². The predicted octanol–water partition coefficient (Wildman–Crippen LogP) is 4.85. The lowest BCUT2D eigenvalue weighted by atomic mass is 10.2. The van der Waals surface area contributed by atoms with Gasteiger partial charge in [-0.05, 0) is 26.8 Å². The normalized spacial score (nSPS) is 12.6. The van der Waals surface area contributed by atoms with Gasteiger partial charge in [-0.1, -0.05) is 47.6 Å². The van der Waals surface area contributed by atoms with E-state index in [0.717, 1.165) is 0 Å². The number of Topliss-reactive ketones (excluding diaryl/α,β-unsaturated/α-hetero) is 1. The Morgan fingerprint density at radius 2 is 1.67 bits per heavy atom. The fourth-order valence-electron chi connectivity index (χ4n) is 1.69. The number of rotatable bonds is 9. The second-order valence-corrected chi connectivity index (χ2v) is 5.77. The summed E-state index contributed by atoms with van der Waals surface area (Å²) in [7, 11) is 0. The Labute approximate surface area is 152 Å². The van der Waals surface area contributed by atoms with E-state index < -0.39 is 0 Å². The number of nitro groups is 1. The van der Waals surface area contributed by atoms with Gasteiger partial charge in [0.15, 0.2) is 0 Å². The molecule has 0 heterocycles. The molecule has 0 spiro atoms. The molecule has 0 aromatic rings. The third kappa shape index (κ3) is 13.3. The quantitative estimate of drug-likeness (QED) is 0.361. The number of carbonyl (C=O) groups is 1. The lowest BCUT2D eigenvalue weighted by Gasteiger charge is -2.18. The molecule has 0 aromatic heterocycles. The summed E-state index contributed by atoms with van der Waals surface area (Å²) < 4.78 is 0. The fourth-order valence-corrected chi connectivity index (χ4v) is 2.90. The first kappa shape index (κ1) is 27.7. The molecule has 0 amide bonds. The summed E-state index contributed by atoms with van der Waals surface area (Å²) >= 11 is 1.53. The van der Waals surface area contributed by atoms with E-state index >= 15 is 0 Å². The van der Waals surface area contributed by atoms with Crippen molar-refractivity contribution in [1.82, 2.24) is 5.32 Å². The van der Waals surface area contributed by atoms with E-state index in [9.17, 15) is 14.9 Å². The number of thioether (sulfide) groups is 1. The summed E-state index contributed by atoms with van der Waals surface area (Å²) in [4.78, 5) is 22.0. The maximum atomic E-state index is 11.5. The highest BCUT2D eigenvalue weighted by molar-refractivity contribution is 7.99. The van der Waals surface area contributed by atoms with Gasteiger partial charge in [0.2, 0.25) is 0 Å². The Bertz CT molecular complexity index is 405. The van der Waals surface area contributed by atoms with Crippen molar-refractivity contribution in [2.24, 2.45) is 0 Å². The van der Waals surface area contributed by atoms with Crippen LogP contribution in [-0.2, 0) is 4.79 Å². The zero-order valence-electron chi connectivity index (χ0n) is 16.8. The molecule has 0 aliphatic heterocycles. The van der Waals surface area contributed by atoms with Gasteiger partial charge >= 0.3 is 0 Å². The average molecular weight is 361 g/mol. The topological polar surface area (TPSA) is 72.2 Å². The van der Waals surface area contributed by atoms with Gasteiger partial charge in [0.1, 0.15) is 5.78 Å². The minimum absolute atomic E-state index is 0.0914. The molecular formula is C18H36N2O3S. The van der Waals surface area contributed by atoms with Gasteiger partial charge in [0.05, 0.1) is 11.0 Å². The fraction of sp³-hybridized carbons (Fsp3) is 0.722. The Morgan fingerprint density at radius 1 is 1.17 bits per heavy atom. The molecule has 0 aromatic carbocycles. The van der Waals surface area contributed by atoms with Gasteiger partial charge in [-0.3, -0.25) is 14.9 Å². The smallest absolute Gasteiger partial charge is 0.268 e. The summed E-state index contributed by atoms with van der Waals surface area (Å²) in [6.07, 6.45) is 3.26.